The molecule has 1 aliphatic heterocycles. The van der Waals surface area contributed by atoms with Crippen LogP contribution in [0.4, 0.5) is 8.78 Å². The summed E-state index contributed by atoms with van der Waals surface area (Å²) in [6.45, 7) is 0.129. The number of ether oxygens (including phenoxy) is 2. The molecule has 3 aromatic rings. The van der Waals surface area contributed by atoms with E-state index in [2.05, 4.69) is 0 Å². The van der Waals surface area contributed by atoms with E-state index < -0.39 is 11.6 Å². The van der Waals surface area contributed by atoms with Crippen LogP contribution >= 0.6 is 11.6 Å². The average Bonchev–Trinajstić information content (AvgIpc) is 2.98. The Labute approximate surface area is 164 Å². The molecule has 0 fully saturated rings. The zero-order valence-electron chi connectivity index (χ0n) is 14.4. The van der Waals surface area contributed by atoms with Crippen LogP contribution in [-0.2, 0) is 6.61 Å². The van der Waals surface area contributed by atoms with Crippen LogP contribution in [0.2, 0.25) is 5.02 Å². The molecule has 0 amide bonds. The highest BCUT2D eigenvalue weighted by atomic mass is 35.5. The van der Waals surface area contributed by atoms with Crippen molar-refractivity contribution in [1.82, 2.24) is 0 Å². The lowest BCUT2D eigenvalue weighted by atomic mass is 10.1. The lowest BCUT2D eigenvalue weighted by molar-refractivity contribution is 0.101. The third-order valence-corrected chi connectivity index (χ3v) is 4.59. The number of fused-ring (bicyclic) bond motifs is 1. The normalized spacial score (nSPS) is 14.1. The number of allylic oxidation sites excluding steroid dienone is 1. The molecule has 3 aromatic carbocycles. The first-order chi connectivity index (χ1) is 13.5. The van der Waals surface area contributed by atoms with Gasteiger partial charge in [-0.05, 0) is 36.4 Å². The van der Waals surface area contributed by atoms with Gasteiger partial charge < -0.3 is 9.47 Å². The fourth-order valence-electron chi connectivity index (χ4n) is 2.79. The molecule has 0 unspecified atom stereocenters. The summed E-state index contributed by atoms with van der Waals surface area (Å²) in [6, 6.07) is 15.0. The van der Waals surface area contributed by atoms with Crippen LogP contribution in [0.25, 0.3) is 6.08 Å². The van der Waals surface area contributed by atoms with Gasteiger partial charge in [-0.1, -0.05) is 35.9 Å². The molecule has 0 atom stereocenters. The largest absolute Gasteiger partial charge is 0.489 e. The van der Waals surface area contributed by atoms with E-state index in [1.54, 1.807) is 42.5 Å². The number of hydrogen-bond acceptors (Lipinski definition) is 3. The molecular weight excluding hydrogens is 386 g/mol. The van der Waals surface area contributed by atoms with Gasteiger partial charge in [-0.15, -0.1) is 0 Å². The minimum Gasteiger partial charge on any atom is -0.489 e. The van der Waals surface area contributed by atoms with Gasteiger partial charge in [0.1, 0.15) is 29.7 Å². The predicted molar refractivity (Wildman–Crippen MR) is 102 cm³/mol. The molecular formula is C22H13ClF2O3. The molecule has 3 nitrogen and oxygen atoms in total. The fourth-order valence-corrected chi connectivity index (χ4v) is 3.01. The minimum absolute atomic E-state index is 0.0406. The number of hydrogen-bond donors (Lipinski definition) is 0. The number of rotatable bonds is 4. The van der Waals surface area contributed by atoms with E-state index in [0.29, 0.717) is 22.6 Å². The molecule has 0 bridgehead atoms. The van der Waals surface area contributed by atoms with Crippen molar-refractivity contribution in [2.45, 2.75) is 6.61 Å². The van der Waals surface area contributed by atoms with Crippen LogP contribution < -0.4 is 9.47 Å². The van der Waals surface area contributed by atoms with Crippen molar-refractivity contribution in [2.24, 2.45) is 0 Å². The Kier molecular flexibility index (Phi) is 4.84. The maximum absolute atomic E-state index is 13.8. The molecule has 28 heavy (non-hydrogen) atoms. The first-order valence-electron chi connectivity index (χ1n) is 8.41. The molecule has 0 aromatic heterocycles. The third-order valence-electron chi connectivity index (χ3n) is 4.24. The van der Waals surface area contributed by atoms with Crippen LogP contribution in [0.5, 0.6) is 11.5 Å². The number of carbonyl (C=O) groups excluding carboxylic acids is 1. The average molecular weight is 399 g/mol. The summed E-state index contributed by atoms with van der Waals surface area (Å²) >= 11 is 5.99. The van der Waals surface area contributed by atoms with Gasteiger partial charge in [-0.3, -0.25) is 4.79 Å². The van der Waals surface area contributed by atoms with Gasteiger partial charge >= 0.3 is 0 Å². The highest BCUT2D eigenvalue weighted by Crippen LogP contribution is 2.35. The lowest BCUT2D eigenvalue weighted by Crippen LogP contribution is -1.98. The molecule has 0 saturated heterocycles. The standard InChI is InChI=1S/C22H13ClF2O3/c23-18-10-15(24)6-5-14(18)12-27-16-7-8-17-20(11-16)28-21(22(17)26)9-13-3-1-2-4-19(13)25/h1-11H,12H2. The zero-order chi connectivity index (χ0) is 19.7. The topological polar surface area (TPSA) is 35.5 Å². The van der Waals surface area contributed by atoms with E-state index in [9.17, 15) is 13.6 Å². The molecule has 0 spiro atoms. The van der Waals surface area contributed by atoms with Crippen molar-refractivity contribution < 1.29 is 23.0 Å². The second-order valence-electron chi connectivity index (χ2n) is 6.14. The van der Waals surface area contributed by atoms with Crippen molar-refractivity contribution in [3.63, 3.8) is 0 Å². The van der Waals surface area contributed by atoms with Crippen LogP contribution in [0.1, 0.15) is 21.5 Å². The smallest absolute Gasteiger partial charge is 0.231 e. The Morgan fingerprint density at radius 2 is 1.86 bits per heavy atom. The van der Waals surface area contributed by atoms with Gasteiger partial charge in [0.05, 0.1) is 10.6 Å². The highest BCUT2D eigenvalue weighted by Gasteiger charge is 2.28. The maximum atomic E-state index is 13.8. The summed E-state index contributed by atoms with van der Waals surface area (Å²) in [5.74, 6) is -0.366. The second kappa shape index (κ2) is 7.44. The van der Waals surface area contributed by atoms with E-state index in [4.69, 9.17) is 21.1 Å². The Balaban J connectivity index is 1.53. The summed E-state index contributed by atoms with van der Waals surface area (Å²) in [5, 5.41) is 0.266. The summed E-state index contributed by atoms with van der Waals surface area (Å²) < 4.78 is 38.2. The predicted octanol–water partition coefficient (Wildman–Crippen LogP) is 5.81. The second-order valence-corrected chi connectivity index (χ2v) is 6.55. The van der Waals surface area contributed by atoms with Crippen LogP contribution in [0.15, 0.2) is 66.4 Å². The van der Waals surface area contributed by atoms with Gasteiger partial charge in [0, 0.05) is 17.2 Å². The Hall–Kier alpha value is -3.18. The van der Waals surface area contributed by atoms with Crippen molar-refractivity contribution in [3.05, 3.63) is 99.8 Å². The highest BCUT2D eigenvalue weighted by molar-refractivity contribution is 6.31. The number of carbonyl (C=O) groups is 1. The minimum atomic E-state index is -0.442. The van der Waals surface area contributed by atoms with Crippen molar-refractivity contribution >= 4 is 23.5 Å². The first kappa shape index (κ1) is 18.2. The monoisotopic (exact) mass is 398 g/mol. The molecule has 1 heterocycles. The van der Waals surface area contributed by atoms with E-state index in [1.165, 1.54) is 24.3 Å². The molecule has 0 radical (unpaired) electrons. The van der Waals surface area contributed by atoms with Gasteiger partial charge in [0.2, 0.25) is 5.78 Å². The van der Waals surface area contributed by atoms with Crippen LogP contribution in [-0.4, -0.2) is 5.78 Å². The quantitative estimate of drug-likeness (QED) is 0.520. The Morgan fingerprint density at radius 1 is 1.04 bits per heavy atom. The van der Waals surface area contributed by atoms with Gasteiger partial charge in [-0.25, -0.2) is 8.78 Å². The van der Waals surface area contributed by atoms with E-state index >= 15 is 0 Å². The summed E-state index contributed by atoms with van der Waals surface area (Å²) in [6.07, 6.45) is 1.37. The fraction of sp³-hybridized carbons (Fsp3) is 0.0455. The molecule has 4 rings (SSSR count). The number of Topliss-reactive ketones (excluding diaryl/α,β-unsaturated/α-hetero) is 1. The molecule has 6 heteroatoms. The van der Waals surface area contributed by atoms with Crippen molar-refractivity contribution in [3.8, 4) is 11.5 Å². The Morgan fingerprint density at radius 3 is 2.64 bits per heavy atom. The third kappa shape index (κ3) is 3.62. The van der Waals surface area contributed by atoms with Gasteiger partial charge in [-0.2, -0.15) is 0 Å². The Bertz CT molecular complexity index is 1110. The molecule has 140 valence electrons. The maximum Gasteiger partial charge on any atom is 0.231 e. The van der Waals surface area contributed by atoms with Crippen LogP contribution in [0, 0.1) is 11.6 Å². The number of benzene rings is 3. The number of ketones is 1. The summed E-state index contributed by atoms with van der Waals surface area (Å²) in [5.41, 5.74) is 1.26. The number of halogens is 3. The molecule has 0 saturated carbocycles. The van der Waals surface area contributed by atoms with Gasteiger partial charge in [0.15, 0.2) is 5.76 Å². The van der Waals surface area contributed by atoms with E-state index in [-0.39, 0.29) is 28.7 Å². The van der Waals surface area contributed by atoms with Crippen molar-refractivity contribution in [1.29, 1.82) is 0 Å². The van der Waals surface area contributed by atoms with Crippen LogP contribution in [0.3, 0.4) is 0 Å². The zero-order valence-corrected chi connectivity index (χ0v) is 15.2. The molecule has 0 N–H and O–H groups in total. The lowest BCUT2D eigenvalue weighted by Gasteiger charge is -2.08. The van der Waals surface area contributed by atoms with E-state index in [0.717, 1.165) is 0 Å². The van der Waals surface area contributed by atoms with Gasteiger partial charge in [0.25, 0.3) is 0 Å². The van der Waals surface area contributed by atoms with E-state index in [1.807, 2.05) is 0 Å². The molecule has 1 aliphatic rings. The first-order valence-corrected chi connectivity index (χ1v) is 8.78. The SMILES string of the molecule is O=C1C(=Cc2ccccc2F)Oc2cc(OCc3ccc(F)cc3Cl)ccc21. The summed E-state index contributed by atoms with van der Waals surface area (Å²) in [7, 11) is 0. The summed E-state index contributed by atoms with van der Waals surface area (Å²) in [4.78, 5) is 12.5. The van der Waals surface area contributed by atoms with Crippen molar-refractivity contribution in [2.75, 3.05) is 0 Å². The molecule has 0 aliphatic carbocycles.